The molecule has 0 saturated carbocycles. The minimum Gasteiger partial charge on any atom is -0.491 e. The lowest BCUT2D eigenvalue weighted by Gasteiger charge is -2.33. The highest BCUT2D eigenvalue weighted by Gasteiger charge is 2.22. The van der Waals surface area contributed by atoms with Crippen molar-refractivity contribution >= 4 is 23.2 Å². The second-order valence-corrected chi connectivity index (χ2v) is 7.79. The van der Waals surface area contributed by atoms with Gasteiger partial charge in [0.05, 0.1) is 10.0 Å². The summed E-state index contributed by atoms with van der Waals surface area (Å²) in [6, 6.07) is 13.2. The maximum absolute atomic E-state index is 10.3. The van der Waals surface area contributed by atoms with Crippen molar-refractivity contribution in [2.75, 3.05) is 26.2 Å². The zero-order valence-electron chi connectivity index (χ0n) is 15.4. The summed E-state index contributed by atoms with van der Waals surface area (Å²) in [4.78, 5) is 2.25. The molecular formula is C21H25Cl2NO3. The Kier molecular flexibility index (Phi) is 7.25. The van der Waals surface area contributed by atoms with E-state index in [0.717, 1.165) is 43.0 Å². The van der Waals surface area contributed by atoms with Gasteiger partial charge in [0.1, 0.15) is 30.3 Å². The number of nitrogens with zero attached hydrogens (tertiary/aromatic N) is 1. The second kappa shape index (κ2) is 9.65. The van der Waals surface area contributed by atoms with Gasteiger partial charge < -0.3 is 19.5 Å². The number of hydrogen-bond acceptors (Lipinski definition) is 4. The molecular weight excluding hydrogens is 385 g/mol. The van der Waals surface area contributed by atoms with Crippen molar-refractivity contribution in [3.05, 3.63) is 58.1 Å². The predicted octanol–water partition coefficient (Wildman–Crippen LogP) is 4.58. The molecule has 2 aromatic carbocycles. The van der Waals surface area contributed by atoms with E-state index in [9.17, 15) is 5.11 Å². The lowest BCUT2D eigenvalue weighted by atomic mass is 10.1. The number of β-amino-alcohol motifs (C(OH)–C–C–N with tert-alkyl or cyclic N) is 1. The van der Waals surface area contributed by atoms with Gasteiger partial charge in [-0.15, -0.1) is 0 Å². The van der Waals surface area contributed by atoms with Gasteiger partial charge in [0.15, 0.2) is 0 Å². The summed E-state index contributed by atoms with van der Waals surface area (Å²) in [6.07, 6.45) is 1.45. The van der Waals surface area contributed by atoms with E-state index in [1.165, 1.54) is 0 Å². The Morgan fingerprint density at radius 3 is 2.56 bits per heavy atom. The van der Waals surface area contributed by atoms with Gasteiger partial charge in [0, 0.05) is 25.7 Å². The molecule has 0 bridgehead atoms. The number of piperidine rings is 1. The molecule has 0 radical (unpaired) electrons. The first-order valence-electron chi connectivity index (χ1n) is 9.21. The zero-order valence-corrected chi connectivity index (χ0v) is 16.9. The van der Waals surface area contributed by atoms with Crippen LogP contribution < -0.4 is 9.47 Å². The molecule has 0 spiro atoms. The van der Waals surface area contributed by atoms with Gasteiger partial charge in [-0.25, -0.2) is 0 Å². The molecule has 0 aliphatic carbocycles. The number of halogens is 2. The summed E-state index contributed by atoms with van der Waals surface area (Å²) in [7, 11) is 0. The van der Waals surface area contributed by atoms with E-state index < -0.39 is 6.10 Å². The van der Waals surface area contributed by atoms with Gasteiger partial charge in [-0.1, -0.05) is 35.3 Å². The average molecular weight is 410 g/mol. The van der Waals surface area contributed by atoms with Crippen molar-refractivity contribution in [1.82, 2.24) is 4.90 Å². The number of ether oxygens (including phenoxy) is 2. The molecule has 1 unspecified atom stereocenters. The molecule has 1 fully saturated rings. The SMILES string of the molecule is Cc1cccc(OCC(O)CN2CCC(Oc3ccc(Cl)c(Cl)c3)CC2)c1. The Morgan fingerprint density at radius 2 is 1.85 bits per heavy atom. The van der Waals surface area contributed by atoms with E-state index >= 15 is 0 Å². The number of benzene rings is 2. The fraction of sp³-hybridized carbons (Fsp3) is 0.429. The van der Waals surface area contributed by atoms with Gasteiger partial charge in [-0.2, -0.15) is 0 Å². The second-order valence-electron chi connectivity index (χ2n) is 6.98. The van der Waals surface area contributed by atoms with Crippen LogP contribution in [0.1, 0.15) is 18.4 Å². The van der Waals surface area contributed by atoms with Crippen molar-refractivity contribution in [1.29, 1.82) is 0 Å². The van der Waals surface area contributed by atoms with Crippen molar-refractivity contribution in [3.63, 3.8) is 0 Å². The minimum atomic E-state index is -0.516. The van der Waals surface area contributed by atoms with Crippen molar-refractivity contribution in [2.45, 2.75) is 32.0 Å². The smallest absolute Gasteiger partial charge is 0.121 e. The largest absolute Gasteiger partial charge is 0.491 e. The third kappa shape index (κ3) is 6.28. The van der Waals surface area contributed by atoms with E-state index in [1.807, 2.05) is 37.3 Å². The summed E-state index contributed by atoms with van der Waals surface area (Å²) < 4.78 is 11.7. The third-order valence-corrected chi connectivity index (χ3v) is 5.37. The van der Waals surface area contributed by atoms with Gasteiger partial charge in [0.25, 0.3) is 0 Å². The molecule has 1 aliphatic heterocycles. The Bertz CT molecular complexity index is 748. The third-order valence-electron chi connectivity index (χ3n) is 4.63. The first kappa shape index (κ1) is 20.3. The van der Waals surface area contributed by atoms with E-state index in [-0.39, 0.29) is 6.10 Å². The standard InChI is InChI=1S/C21H25Cl2NO3/c1-15-3-2-4-18(11-15)26-14-16(25)13-24-9-7-17(8-10-24)27-19-5-6-20(22)21(23)12-19/h2-6,11-12,16-17,25H,7-10,13-14H2,1H3. The zero-order chi connectivity index (χ0) is 19.2. The topological polar surface area (TPSA) is 41.9 Å². The van der Waals surface area contributed by atoms with Crippen LogP contribution in [0.3, 0.4) is 0 Å². The lowest BCUT2D eigenvalue weighted by Crippen LogP contribution is -2.43. The van der Waals surface area contributed by atoms with E-state index in [0.29, 0.717) is 23.2 Å². The highest BCUT2D eigenvalue weighted by molar-refractivity contribution is 6.42. The van der Waals surface area contributed by atoms with Gasteiger partial charge >= 0.3 is 0 Å². The van der Waals surface area contributed by atoms with Crippen LogP contribution >= 0.6 is 23.2 Å². The van der Waals surface area contributed by atoms with Crippen molar-refractivity contribution in [3.8, 4) is 11.5 Å². The van der Waals surface area contributed by atoms with Gasteiger partial charge in [-0.05, 0) is 49.6 Å². The normalized spacial score (nSPS) is 16.9. The number of hydrogen-bond donors (Lipinski definition) is 1. The van der Waals surface area contributed by atoms with Gasteiger partial charge in [-0.3, -0.25) is 0 Å². The molecule has 146 valence electrons. The van der Waals surface area contributed by atoms with Crippen LogP contribution in [0, 0.1) is 6.92 Å². The van der Waals surface area contributed by atoms with Crippen LogP contribution in [0.2, 0.25) is 10.0 Å². The van der Waals surface area contributed by atoms with Crippen molar-refractivity contribution < 1.29 is 14.6 Å². The number of aryl methyl sites for hydroxylation is 1. The van der Waals surface area contributed by atoms with E-state index in [1.54, 1.807) is 12.1 Å². The van der Waals surface area contributed by atoms with Crippen LogP contribution in [-0.4, -0.2) is 48.5 Å². The van der Waals surface area contributed by atoms with Gasteiger partial charge in [0.2, 0.25) is 0 Å². The first-order chi connectivity index (χ1) is 13.0. The number of rotatable bonds is 7. The molecule has 2 aromatic rings. The maximum Gasteiger partial charge on any atom is 0.121 e. The first-order valence-corrected chi connectivity index (χ1v) is 9.97. The van der Waals surface area contributed by atoms with Crippen LogP contribution in [0.25, 0.3) is 0 Å². The Labute approximate surface area is 170 Å². The molecule has 1 aliphatic rings. The number of aliphatic hydroxyl groups excluding tert-OH is 1. The summed E-state index contributed by atoms with van der Waals surface area (Å²) in [5.74, 6) is 1.54. The molecule has 1 saturated heterocycles. The average Bonchev–Trinajstić information content (AvgIpc) is 2.65. The molecule has 27 heavy (non-hydrogen) atoms. The number of likely N-dealkylation sites (tertiary alicyclic amines) is 1. The van der Waals surface area contributed by atoms with E-state index in [2.05, 4.69) is 4.90 Å². The lowest BCUT2D eigenvalue weighted by molar-refractivity contribution is 0.0401. The summed E-state index contributed by atoms with van der Waals surface area (Å²) >= 11 is 12.0. The Morgan fingerprint density at radius 1 is 1.07 bits per heavy atom. The molecule has 0 aromatic heterocycles. The molecule has 1 atom stereocenters. The van der Waals surface area contributed by atoms with Crippen LogP contribution in [-0.2, 0) is 0 Å². The highest BCUT2D eigenvalue weighted by Crippen LogP contribution is 2.28. The quantitative estimate of drug-likeness (QED) is 0.726. The number of aliphatic hydroxyl groups is 1. The monoisotopic (exact) mass is 409 g/mol. The molecule has 4 nitrogen and oxygen atoms in total. The fourth-order valence-electron chi connectivity index (χ4n) is 3.20. The highest BCUT2D eigenvalue weighted by atomic mass is 35.5. The van der Waals surface area contributed by atoms with Crippen LogP contribution in [0.15, 0.2) is 42.5 Å². The fourth-order valence-corrected chi connectivity index (χ4v) is 3.49. The Hall–Kier alpha value is -1.46. The molecule has 3 rings (SSSR count). The molecule has 1 heterocycles. The Balaban J connectivity index is 1.39. The summed E-state index contributed by atoms with van der Waals surface area (Å²) in [6.45, 7) is 4.68. The van der Waals surface area contributed by atoms with Crippen LogP contribution in [0.5, 0.6) is 11.5 Å². The van der Waals surface area contributed by atoms with E-state index in [4.69, 9.17) is 32.7 Å². The minimum absolute atomic E-state index is 0.152. The summed E-state index contributed by atoms with van der Waals surface area (Å²) in [5.41, 5.74) is 1.14. The molecule has 6 heteroatoms. The maximum atomic E-state index is 10.3. The predicted molar refractivity (Wildman–Crippen MR) is 109 cm³/mol. The van der Waals surface area contributed by atoms with Crippen molar-refractivity contribution in [2.24, 2.45) is 0 Å². The molecule has 1 N–H and O–H groups in total. The molecule has 0 amide bonds. The summed E-state index contributed by atoms with van der Waals surface area (Å²) in [5, 5.41) is 11.3. The van der Waals surface area contributed by atoms with Crippen LogP contribution in [0.4, 0.5) is 0 Å².